The van der Waals surface area contributed by atoms with Crippen molar-refractivity contribution in [3.8, 4) is 0 Å². The van der Waals surface area contributed by atoms with E-state index in [1.54, 1.807) is 0 Å². The normalized spacial score (nSPS) is 20.4. The highest BCUT2D eigenvalue weighted by molar-refractivity contribution is 6.32. The Hall–Kier alpha value is -1.06. The van der Waals surface area contributed by atoms with Crippen LogP contribution in [0.3, 0.4) is 0 Å². The fourth-order valence-electron chi connectivity index (χ4n) is 2.68. The van der Waals surface area contributed by atoms with Crippen LogP contribution in [-0.4, -0.2) is 22.0 Å². The van der Waals surface area contributed by atoms with Gasteiger partial charge in [0, 0.05) is 18.7 Å². The van der Waals surface area contributed by atoms with Crippen LogP contribution < -0.4 is 5.32 Å². The molecule has 0 saturated carbocycles. The zero-order valence-corrected chi connectivity index (χ0v) is 11.4. The van der Waals surface area contributed by atoms with E-state index in [-0.39, 0.29) is 0 Å². The number of aromatic nitrogens is 2. The first-order chi connectivity index (χ1) is 8.74. The summed E-state index contributed by atoms with van der Waals surface area (Å²) in [6, 6.07) is 4.73. The van der Waals surface area contributed by atoms with Gasteiger partial charge >= 0.3 is 0 Å². The van der Waals surface area contributed by atoms with Crippen molar-refractivity contribution in [2.24, 2.45) is 0 Å². The van der Waals surface area contributed by atoms with Gasteiger partial charge in [0.1, 0.15) is 5.82 Å². The van der Waals surface area contributed by atoms with Crippen LogP contribution in [0.2, 0.25) is 5.15 Å². The Bertz CT molecular complexity index is 555. The van der Waals surface area contributed by atoms with Crippen molar-refractivity contribution in [3.05, 3.63) is 34.9 Å². The van der Waals surface area contributed by atoms with Crippen LogP contribution in [0.5, 0.6) is 0 Å². The molecule has 3 heterocycles. The van der Waals surface area contributed by atoms with E-state index in [1.807, 2.05) is 0 Å². The fourth-order valence-corrected chi connectivity index (χ4v) is 2.92. The zero-order valence-electron chi connectivity index (χ0n) is 10.6. The Morgan fingerprint density at radius 2 is 2.39 bits per heavy atom. The summed E-state index contributed by atoms with van der Waals surface area (Å²) in [4.78, 5) is 4.51. The van der Waals surface area contributed by atoms with Crippen molar-refractivity contribution in [1.29, 1.82) is 0 Å². The molecule has 2 aromatic rings. The van der Waals surface area contributed by atoms with Gasteiger partial charge in [0.15, 0.2) is 5.15 Å². The smallest absolute Gasteiger partial charge is 0.155 e. The highest BCUT2D eigenvalue weighted by Crippen LogP contribution is 2.21. The molecule has 1 unspecified atom stereocenters. The molecule has 1 aliphatic heterocycles. The molecule has 0 amide bonds. The highest BCUT2D eigenvalue weighted by Gasteiger charge is 2.17. The number of halogens is 1. The summed E-state index contributed by atoms with van der Waals surface area (Å²) in [5.41, 5.74) is 2.23. The van der Waals surface area contributed by atoms with Crippen molar-refractivity contribution >= 4 is 17.1 Å². The van der Waals surface area contributed by atoms with Crippen LogP contribution in [0.4, 0.5) is 0 Å². The summed E-state index contributed by atoms with van der Waals surface area (Å²) < 4.78 is 2.12. The number of imidazole rings is 1. The average molecular weight is 264 g/mol. The minimum absolute atomic E-state index is 0.543. The van der Waals surface area contributed by atoms with Crippen LogP contribution in [0.15, 0.2) is 18.3 Å². The Morgan fingerprint density at radius 3 is 3.17 bits per heavy atom. The van der Waals surface area contributed by atoms with Gasteiger partial charge in [-0.15, -0.1) is 0 Å². The molecule has 96 valence electrons. The number of rotatable bonds is 2. The summed E-state index contributed by atoms with van der Waals surface area (Å²) >= 11 is 6.22. The van der Waals surface area contributed by atoms with E-state index in [2.05, 4.69) is 40.0 Å². The molecule has 0 spiro atoms. The molecule has 1 N–H and O–H groups in total. The summed E-state index contributed by atoms with van der Waals surface area (Å²) in [6.07, 6.45) is 6.86. The molecule has 0 aromatic carbocycles. The summed E-state index contributed by atoms with van der Waals surface area (Å²) in [5.74, 6) is 1.06. The number of hydrogen-bond acceptors (Lipinski definition) is 2. The maximum absolute atomic E-state index is 6.22. The summed E-state index contributed by atoms with van der Waals surface area (Å²) in [7, 11) is 0. The summed E-state index contributed by atoms with van der Waals surface area (Å²) in [5, 5.41) is 4.17. The van der Waals surface area contributed by atoms with E-state index < -0.39 is 0 Å². The number of fused-ring (bicyclic) bond motifs is 1. The molecular formula is C14H18ClN3. The number of pyridine rings is 1. The Morgan fingerprint density at radius 1 is 1.50 bits per heavy atom. The van der Waals surface area contributed by atoms with Crippen molar-refractivity contribution in [1.82, 2.24) is 14.7 Å². The van der Waals surface area contributed by atoms with E-state index in [4.69, 9.17) is 11.6 Å². The van der Waals surface area contributed by atoms with Crippen molar-refractivity contribution in [2.45, 2.75) is 38.6 Å². The molecule has 3 rings (SSSR count). The molecule has 4 heteroatoms. The molecule has 1 aliphatic rings. The first kappa shape index (κ1) is 12.0. The van der Waals surface area contributed by atoms with Gasteiger partial charge in [0.25, 0.3) is 0 Å². The Balaban J connectivity index is 1.91. The van der Waals surface area contributed by atoms with Gasteiger partial charge in [-0.1, -0.05) is 18.0 Å². The van der Waals surface area contributed by atoms with Crippen LogP contribution in [0.25, 0.3) is 5.52 Å². The van der Waals surface area contributed by atoms with Gasteiger partial charge in [-0.3, -0.25) is 0 Å². The average Bonchev–Trinajstić information content (AvgIpc) is 2.67. The largest absolute Gasteiger partial charge is 0.314 e. The number of piperidine rings is 1. The van der Waals surface area contributed by atoms with Crippen molar-refractivity contribution in [2.75, 3.05) is 6.54 Å². The molecule has 1 saturated heterocycles. The molecule has 0 radical (unpaired) electrons. The quantitative estimate of drug-likeness (QED) is 0.903. The monoisotopic (exact) mass is 263 g/mol. The van der Waals surface area contributed by atoms with E-state index in [9.17, 15) is 0 Å². The lowest BCUT2D eigenvalue weighted by Gasteiger charge is -2.22. The third kappa shape index (κ3) is 2.25. The van der Waals surface area contributed by atoms with E-state index >= 15 is 0 Å². The molecule has 0 bridgehead atoms. The van der Waals surface area contributed by atoms with Crippen LogP contribution in [-0.2, 0) is 6.42 Å². The van der Waals surface area contributed by atoms with E-state index in [0.29, 0.717) is 11.2 Å². The highest BCUT2D eigenvalue weighted by atomic mass is 35.5. The third-order valence-electron chi connectivity index (χ3n) is 3.67. The van der Waals surface area contributed by atoms with Gasteiger partial charge in [-0.25, -0.2) is 4.98 Å². The van der Waals surface area contributed by atoms with E-state index in [1.165, 1.54) is 24.8 Å². The first-order valence-electron chi connectivity index (χ1n) is 6.60. The number of nitrogens with one attached hydrogen (secondary N) is 1. The topological polar surface area (TPSA) is 29.3 Å². The molecular weight excluding hydrogens is 246 g/mol. The number of nitrogens with zero attached hydrogens (tertiary/aromatic N) is 2. The van der Waals surface area contributed by atoms with Gasteiger partial charge in [-0.05, 0) is 44.0 Å². The lowest BCUT2D eigenvalue weighted by molar-refractivity contribution is 0.394. The van der Waals surface area contributed by atoms with Gasteiger partial charge in [0.2, 0.25) is 0 Å². The first-order valence-corrected chi connectivity index (χ1v) is 6.98. The maximum Gasteiger partial charge on any atom is 0.155 e. The van der Waals surface area contributed by atoms with E-state index in [0.717, 1.165) is 24.3 Å². The van der Waals surface area contributed by atoms with Crippen LogP contribution >= 0.6 is 11.6 Å². The van der Waals surface area contributed by atoms with Gasteiger partial charge < -0.3 is 9.72 Å². The summed E-state index contributed by atoms with van der Waals surface area (Å²) in [6.45, 7) is 3.20. The molecule has 3 nitrogen and oxygen atoms in total. The molecule has 1 atom stereocenters. The second kappa shape index (κ2) is 4.90. The minimum atomic E-state index is 0.543. The van der Waals surface area contributed by atoms with Crippen LogP contribution in [0.1, 0.15) is 30.7 Å². The second-order valence-electron chi connectivity index (χ2n) is 5.13. The lowest BCUT2D eigenvalue weighted by atomic mass is 10.0. The zero-order chi connectivity index (χ0) is 12.5. The lowest BCUT2D eigenvalue weighted by Crippen LogP contribution is -2.36. The van der Waals surface area contributed by atoms with Crippen molar-refractivity contribution < 1.29 is 0 Å². The Kier molecular flexibility index (Phi) is 3.27. The van der Waals surface area contributed by atoms with Crippen LogP contribution in [0, 0.1) is 6.92 Å². The molecule has 0 aliphatic carbocycles. The minimum Gasteiger partial charge on any atom is -0.314 e. The second-order valence-corrected chi connectivity index (χ2v) is 5.49. The van der Waals surface area contributed by atoms with Gasteiger partial charge in [-0.2, -0.15) is 0 Å². The molecule has 2 aromatic heterocycles. The van der Waals surface area contributed by atoms with Crippen molar-refractivity contribution in [3.63, 3.8) is 0 Å². The predicted molar refractivity (Wildman–Crippen MR) is 74.3 cm³/mol. The predicted octanol–water partition coefficient (Wildman–Crippen LogP) is 2.98. The SMILES string of the molecule is Cc1ccn2c(CC3CCCCN3)nc(Cl)c2c1. The molecule has 18 heavy (non-hydrogen) atoms. The van der Waals surface area contributed by atoms with Gasteiger partial charge in [0.05, 0.1) is 5.52 Å². The standard InChI is InChI=1S/C14H18ClN3/c1-10-5-7-18-12(8-10)14(15)17-13(18)9-11-4-2-3-6-16-11/h5,7-8,11,16H,2-4,6,9H2,1H3. The Labute approximate surface area is 112 Å². The fraction of sp³-hybridized carbons (Fsp3) is 0.500. The maximum atomic E-state index is 6.22. The number of hydrogen-bond donors (Lipinski definition) is 1. The number of aryl methyl sites for hydroxylation is 1. The third-order valence-corrected chi connectivity index (χ3v) is 3.95. The molecule has 1 fully saturated rings.